The summed E-state index contributed by atoms with van der Waals surface area (Å²) in [6.07, 6.45) is 2.01. The monoisotopic (exact) mass is 336 g/mol. The van der Waals surface area contributed by atoms with E-state index in [1.165, 1.54) is 0 Å². The van der Waals surface area contributed by atoms with Gasteiger partial charge in [-0.25, -0.2) is 4.79 Å². The minimum atomic E-state index is -0.382. The number of carbonyl (C=O) groups excluding carboxylic acids is 2. The number of para-hydroxylation sites is 1. The third kappa shape index (κ3) is 4.59. The van der Waals surface area contributed by atoms with Crippen molar-refractivity contribution in [2.75, 3.05) is 37.6 Å². The topological polar surface area (TPSA) is 64.7 Å². The maximum absolute atomic E-state index is 11.9. The van der Waals surface area contributed by atoms with Gasteiger partial charge in [-0.05, 0) is 25.0 Å². The van der Waals surface area contributed by atoms with Gasteiger partial charge >= 0.3 is 6.03 Å². The number of amides is 3. The van der Waals surface area contributed by atoms with Crippen molar-refractivity contribution in [3.8, 4) is 0 Å². The fourth-order valence-electron chi connectivity index (χ4n) is 2.67. The van der Waals surface area contributed by atoms with Crippen molar-refractivity contribution in [2.45, 2.75) is 18.9 Å². The summed E-state index contributed by atoms with van der Waals surface area (Å²) in [5, 5.41) is 5.88. The molecule has 1 aliphatic heterocycles. The molecule has 3 amide bonds. The Bertz CT molecular complexity index is 583. The number of imide groups is 1. The number of hydrogen-bond donors (Lipinski definition) is 2. The molecule has 2 aliphatic rings. The zero-order valence-electron chi connectivity index (χ0n) is 12.9. The maximum atomic E-state index is 11.9. The molecule has 1 aromatic rings. The Balaban J connectivity index is 1.42. The van der Waals surface area contributed by atoms with Crippen molar-refractivity contribution >= 4 is 29.2 Å². The van der Waals surface area contributed by atoms with E-state index in [9.17, 15) is 9.59 Å². The molecule has 23 heavy (non-hydrogen) atoms. The van der Waals surface area contributed by atoms with Crippen molar-refractivity contribution in [3.05, 3.63) is 29.3 Å². The van der Waals surface area contributed by atoms with Crippen LogP contribution in [0.5, 0.6) is 0 Å². The zero-order valence-corrected chi connectivity index (χ0v) is 13.7. The molecule has 2 fully saturated rings. The number of benzene rings is 1. The van der Waals surface area contributed by atoms with E-state index in [4.69, 9.17) is 11.6 Å². The Kier molecular flexibility index (Phi) is 5.03. The van der Waals surface area contributed by atoms with Crippen LogP contribution in [-0.2, 0) is 4.79 Å². The average Bonchev–Trinajstić information content (AvgIpc) is 3.32. The second-order valence-electron chi connectivity index (χ2n) is 6.01. The van der Waals surface area contributed by atoms with Crippen LogP contribution in [0, 0.1) is 0 Å². The predicted octanol–water partition coefficient (Wildman–Crippen LogP) is 1.45. The summed E-state index contributed by atoms with van der Waals surface area (Å²) in [6, 6.07) is 7.65. The Morgan fingerprint density at radius 1 is 1.13 bits per heavy atom. The van der Waals surface area contributed by atoms with Crippen LogP contribution < -0.4 is 15.5 Å². The minimum Gasteiger partial charge on any atom is -0.368 e. The van der Waals surface area contributed by atoms with Gasteiger partial charge in [0.05, 0.1) is 17.3 Å². The summed E-state index contributed by atoms with van der Waals surface area (Å²) in [7, 11) is 0. The number of urea groups is 1. The van der Waals surface area contributed by atoms with E-state index in [0.29, 0.717) is 0 Å². The normalized spacial score (nSPS) is 18.6. The molecule has 0 aromatic heterocycles. The van der Waals surface area contributed by atoms with Crippen molar-refractivity contribution in [1.29, 1.82) is 0 Å². The summed E-state index contributed by atoms with van der Waals surface area (Å²) in [5.74, 6) is -0.255. The molecule has 0 radical (unpaired) electrons. The molecular formula is C16H21ClN4O2. The summed E-state index contributed by atoms with van der Waals surface area (Å²) >= 11 is 6.22. The van der Waals surface area contributed by atoms with E-state index in [-0.39, 0.29) is 24.5 Å². The molecular weight excluding hydrogens is 316 g/mol. The summed E-state index contributed by atoms with van der Waals surface area (Å²) in [4.78, 5) is 27.7. The Morgan fingerprint density at radius 2 is 1.83 bits per heavy atom. The highest BCUT2D eigenvalue weighted by Crippen LogP contribution is 2.25. The highest BCUT2D eigenvalue weighted by atomic mass is 35.5. The van der Waals surface area contributed by atoms with Crippen LogP contribution in [0.3, 0.4) is 0 Å². The van der Waals surface area contributed by atoms with Crippen LogP contribution in [0.2, 0.25) is 5.02 Å². The first-order valence-electron chi connectivity index (χ1n) is 7.94. The molecule has 124 valence electrons. The van der Waals surface area contributed by atoms with E-state index in [0.717, 1.165) is 49.7 Å². The molecule has 1 heterocycles. The number of anilines is 1. The van der Waals surface area contributed by atoms with Crippen LogP contribution in [0.25, 0.3) is 0 Å². The molecule has 2 N–H and O–H groups in total. The molecule has 0 unspecified atom stereocenters. The number of carbonyl (C=O) groups is 2. The molecule has 1 aromatic carbocycles. The van der Waals surface area contributed by atoms with Gasteiger partial charge in [-0.2, -0.15) is 0 Å². The number of halogens is 1. The lowest BCUT2D eigenvalue weighted by Crippen LogP contribution is -2.51. The Hall–Kier alpha value is -1.79. The van der Waals surface area contributed by atoms with E-state index < -0.39 is 0 Å². The fraction of sp³-hybridized carbons (Fsp3) is 0.500. The molecule has 7 heteroatoms. The number of hydrogen-bond acceptors (Lipinski definition) is 4. The lowest BCUT2D eigenvalue weighted by Gasteiger charge is -2.36. The van der Waals surface area contributed by atoms with Crippen LogP contribution in [0.4, 0.5) is 10.5 Å². The first-order chi connectivity index (χ1) is 11.1. The van der Waals surface area contributed by atoms with Gasteiger partial charge in [0.2, 0.25) is 5.91 Å². The van der Waals surface area contributed by atoms with Crippen LogP contribution in [-0.4, -0.2) is 55.6 Å². The smallest absolute Gasteiger partial charge is 0.321 e. The number of piperazine rings is 1. The van der Waals surface area contributed by atoms with E-state index >= 15 is 0 Å². The molecule has 6 nitrogen and oxygen atoms in total. The van der Waals surface area contributed by atoms with Crippen LogP contribution in [0.1, 0.15) is 12.8 Å². The van der Waals surface area contributed by atoms with Crippen molar-refractivity contribution in [3.63, 3.8) is 0 Å². The molecule has 0 atom stereocenters. The minimum absolute atomic E-state index is 0.244. The first kappa shape index (κ1) is 16.1. The highest BCUT2D eigenvalue weighted by Gasteiger charge is 2.25. The lowest BCUT2D eigenvalue weighted by atomic mass is 10.2. The standard InChI is InChI=1S/C16H21ClN4O2/c17-13-3-1-2-4-14(13)21-9-7-20(8-10-21)11-15(22)19-16(23)18-12-5-6-12/h1-4,12H,5-11H2,(H2,18,19,22,23). The predicted molar refractivity (Wildman–Crippen MR) is 89.8 cm³/mol. The third-order valence-electron chi connectivity index (χ3n) is 4.10. The Morgan fingerprint density at radius 3 is 2.48 bits per heavy atom. The molecule has 3 rings (SSSR count). The number of nitrogens with one attached hydrogen (secondary N) is 2. The van der Waals surface area contributed by atoms with Crippen LogP contribution >= 0.6 is 11.6 Å². The van der Waals surface area contributed by atoms with Gasteiger partial charge in [0.1, 0.15) is 0 Å². The zero-order chi connectivity index (χ0) is 16.2. The van der Waals surface area contributed by atoms with Crippen LogP contribution in [0.15, 0.2) is 24.3 Å². The average molecular weight is 337 g/mol. The summed E-state index contributed by atoms with van der Waals surface area (Å²) in [5.41, 5.74) is 1.03. The largest absolute Gasteiger partial charge is 0.368 e. The Labute approximate surface area is 140 Å². The van der Waals surface area contributed by atoms with Crippen molar-refractivity contribution < 1.29 is 9.59 Å². The maximum Gasteiger partial charge on any atom is 0.321 e. The molecule has 1 saturated carbocycles. The second kappa shape index (κ2) is 7.19. The molecule has 0 spiro atoms. The van der Waals surface area contributed by atoms with Gasteiger partial charge < -0.3 is 10.2 Å². The summed E-state index contributed by atoms with van der Waals surface area (Å²) < 4.78 is 0. The van der Waals surface area contributed by atoms with Gasteiger partial charge in [0.15, 0.2) is 0 Å². The van der Waals surface area contributed by atoms with E-state index in [1.807, 2.05) is 29.2 Å². The van der Waals surface area contributed by atoms with Crippen molar-refractivity contribution in [2.24, 2.45) is 0 Å². The van der Waals surface area contributed by atoms with Gasteiger partial charge in [-0.3, -0.25) is 15.0 Å². The molecule has 1 saturated heterocycles. The fourth-order valence-corrected chi connectivity index (χ4v) is 2.93. The van der Waals surface area contributed by atoms with Gasteiger partial charge in [-0.1, -0.05) is 23.7 Å². The van der Waals surface area contributed by atoms with Crippen molar-refractivity contribution in [1.82, 2.24) is 15.5 Å². The van der Waals surface area contributed by atoms with Gasteiger partial charge in [-0.15, -0.1) is 0 Å². The lowest BCUT2D eigenvalue weighted by molar-refractivity contribution is -0.121. The molecule has 0 bridgehead atoms. The van der Waals surface area contributed by atoms with Gasteiger partial charge in [0.25, 0.3) is 0 Å². The van der Waals surface area contributed by atoms with Gasteiger partial charge in [0, 0.05) is 32.2 Å². The van der Waals surface area contributed by atoms with E-state index in [2.05, 4.69) is 15.5 Å². The SMILES string of the molecule is O=C(CN1CCN(c2ccccc2Cl)CC1)NC(=O)NC1CC1. The number of nitrogens with zero attached hydrogens (tertiary/aromatic N) is 2. The molecule has 1 aliphatic carbocycles. The first-order valence-corrected chi connectivity index (χ1v) is 8.32. The van der Waals surface area contributed by atoms with E-state index in [1.54, 1.807) is 0 Å². The second-order valence-corrected chi connectivity index (χ2v) is 6.42. The third-order valence-corrected chi connectivity index (χ3v) is 4.42. The number of rotatable bonds is 4. The summed E-state index contributed by atoms with van der Waals surface area (Å²) in [6.45, 7) is 3.40. The highest BCUT2D eigenvalue weighted by molar-refractivity contribution is 6.33. The quantitative estimate of drug-likeness (QED) is 0.873.